The maximum atomic E-state index is 13.5. The van der Waals surface area contributed by atoms with Crippen molar-refractivity contribution in [3.05, 3.63) is 53.5 Å². The molecule has 1 atom stereocenters. The summed E-state index contributed by atoms with van der Waals surface area (Å²) in [4.78, 5) is 59.4. The molecule has 3 aliphatic heterocycles. The number of carbonyl (C=O) groups is 4. The number of anilines is 1. The van der Waals surface area contributed by atoms with Crippen molar-refractivity contribution in [1.82, 2.24) is 14.7 Å². The molecule has 4 amide bonds. The van der Waals surface area contributed by atoms with Gasteiger partial charge in [0.25, 0.3) is 17.7 Å². The van der Waals surface area contributed by atoms with Crippen molar-refractivity contribution < 1.29 is 28.3 Å². The first-order valence-corrected chi connectivity index (χ1v) is 13.1. The van der Waals surface area contributed by atoms with Crippen LogP contribution in [0, 0.1) is 5.92 Å². The highest BCUT2D eigenvalue weighted by Gasteiger charge is 2.42. The Bertz CT molecular complexity index is 1230. The number of methoxy groups -OCH3 is 1. The van der Waals surface area contributed by atoms with Gasteiger partial charge in [-0.05, 0) is 51.0 Å². The number of hydrogen-bond donors (Lipinski definition) is 0. The predicted molar refractivity (Wildman–Crippen MR) is 139 cm³/mol. The summed E-state index contributed by atoms with van der Waals surface area (Å²) in [6, 6.07) is 8.68. The summed E-state index contributed by atoms with van der Waals surface area (Å²) in [6.07, 6.45) is 3.04. The van der Waals surface area contributed by atoms with Gasteiger partial charge in [0, 0.05) is 46.4 Å². The van der Waals surface area contributed by atoms with Gasteiger partial charge in [-0.15, -0.1) is 0 Å². The summed E-state index contributed by atoms with van der Waals surface area (Å²) < 4.78 is 10.7. The van der Waals surface area contributed by atoms with E-state index in [1.54, 1.807) is 36.3 Å². The van der Waals surface area contributed by atoms with E-state index in [0.29, 0.717) is 61.8 Å². The molecule has 4 heterocycles. The Hall–Kier alpha value is -3.66. The molecule has 0 N–H and O–H groups in total. The lowest BCUT2D eigenvalue weighted by atomic mass is 9.94. The van der Waals surface area contributed by atoms with Gasteiger partial charge < -0.3 is 23.9 Å². The number of hydrogen-bond acceptors (Lipinski definition) is 7. The second kappa shape index (κ2) is 10.2. The number of ether oxygens (including phenoxy) is 1. The molecule has 2 fully saturated rings. The minimum atomic E-state index is -0.664. The molecule has 202 valence electrons. The molecule has 1 aromatic heterocycles. The maximum absolute atomic E-state index is 13.5. The van der Waals surface area contributed by atoms with Crippen molar-refractivity contribution in [2.24, 2.45) is 5.92 Å². The molecule has 2 aromatic rings. The average Bonchev–Trinajstić information content (AvgIpc) is 3.56. The quantitative estimate of drug-likeness (QED) is 0.537. The van der Waals surface area contributed by atoms with Gasteiger partial charge in [-0.3, -0.25) is 24.1 Å². The third kappa shape index (κ3) is 4.80. The van der Waals surface area contributed by atoms with Crippen LogP contribution in [-0.2, 0) is 9.53 Å². The highest BCUT2D eigenvalue weighted by molar-refractivity contribution is 6.23. The fourth-order valence-electron chi connectivity index (χ4n) is 5.51. The monoisotopic (exact) mass is 522 g/mol. The van der Waals surface area contributed by atoms with Crippen molar-refractivity contribution >= 4 is 29.3 Å². The third-order valence-corrected chi connectivity index (χ3v) is 7.79. The molecule has 0 bridgehead atoms. The molecule has 5 rings (SSSR count). The van der Waals surface area contributed by atoms with Crippen molar-refractivity contribution in [2.75, 3.05) is 57.8 Å². The van der Waals surface area contributed by atoms with E-state index >= 15 is 0 Å². The van der Waals surface area contributed by atoms with Crippen LogP contribution < -0.4 is 4.90 Å². The standard InChI is InChI=1S/C28H34N4O6/c1-28(2,37-3)18-32-25(34)20-8-4-9-21(23(20)27(32)36)31-11-5-7-19(17-31)24(33)29-12-14-30(15-13-29)26(35)22-10-6-16-38-22/h4,6,8-10,16,19H,5,7,11-15,17-18H2,1-3H3/t19-/m1/s1. The molecule has 0 spiro atoms. The van der Waals surface area contributed by atoms with Crippen LogP contribution in [0.4, 0.5) is 5.69 Å². The fourth-order valence-corrected chi connectivity index (χ4v) is 5.51. The van der Waals surface area contributed by atoms with Gasteiger partial charge in [-0.2, -0.15) is 0 Å². The zero-order valence-corrected chi connectivity index (χ0v) is 22.1. The van der Waals surface area contributed by atoms with E-state index in [4.69, 9.17) is 9.15 Å². The second-order valence-corrected chi connectivity index (χ2v) is 10.7. The Morgan fingerprint density at radius 3 is 2.42 bits per heavy atom. The topological polar surface area (TPSA) is 104 Å². The molecule has 1 aromatic carbocycles. The summed E-state index contributed by atoms with van der Waals surface area (Å²) in [6.45, 7) is 6.87. The zero-order valence-electron chi connectivity index (χ0n) is 22.1. The number of fused-ring (bicyclic) bond motifs is 1. The van der Waals surface area contributed by atoms with Gasteiger partial charge >= 0.3 is 0 Å². The first-order valence-electron chi connectivity index (χ1n) is 13.1. The molecular formula is C28H34N4O6. The molecule has 3 aliphatic rings. The number of nitrogens with zero attached hydrogens (tertiary/aromatic N) is 4. The Morgan fingerprint density at radius 2 is 1.74 bits per heavy atom. The highest BCUT2D eigenvalue weighted by atomic mass is 16.5. The predicted octanol–water partition coefficient (Wildman–Crippen LogP) is 2.50. The molecule has 38 heavy (non-hydrogen) atoms. The molecule has 10 nitrogen and oxygen atoms in total. The number of carbonyl (C=O) groups excluding carboxylic acids is 4. The second-order valence-electron chi connectivity index (χ2n) is 10.7. The SMILES string of the molecule is COC(C)(C)CN1C(=O)c2cccc(N3CCC[C@@H](C(=O)N4CCN(C(=O)c5ccco5)CC4)C3)c2C1=O. The van der Waals surface area contributed by atoms with E-state index in [-0.39, 0.29) is 36.1 Å². The van der Waals surface area contributed by atoms with Gasteiger partial charge in [-0.1, -0.05) is 6.07 Å². The van der Waals surface area contributed by atoms with Crippen molar-refractivity contribution in [3.8, 4) is 0 Å². The van der Waals surface area contributed by atoms with Crippen LogP contribution in [0.5, 0.6) is 0 Å². The van der Waals surface area contributed by atoms with Gasteiger partial charge in [0.15, 0.2) is 5.76 Å². The number of rotatable bonds is 6. The molecule has 2 saturated heterocycles. The first-order chi connectivity index (χ1) is 18.2. The molecule has 0 unspecified atom stereocenters. The van der Waals surface area contributed by atoms with Crippen molar-refractivity contribution in [3.63, 3.8) is 0 Å². The number of piperidine rings is 1. The number of furan rings is 1. The Labute approximate surface area is 222 Å². The summed E-state index contributed by atoms with van der Waals surface area (Å²) >= 11 is 0. The van der Waals surface area contributed by atoms with E-state index in [0.717, 1.165) is 12.8 Å². The minimum Gasteiger partial charge on any atom is -0.459 e. The zero-order chi connectivity index (χ0) is 27.0. The molecular weight excluding hydrogens is 488 g/mol. The van der Waals surface area contributed by atoms with E-state index in [2.05, 4.69) is 4.90 Å². The van der Waals surface area contributed by atoms with Crippen LogP contribution >= 0.6 is 0 Å². The summed E-state index contributed by atoms with van der Waals surface area (Å²) in [5.41, 5.74) is 0.834. The van der Waals surface area contributed by atoms with Gasteiger partial charge in [0.1, 0.15) is 0 Å². The van der Waals surface area contributed by atoms with E-state index in [9.17, 15) is 19.2 Å². The van der Waals surface area contributed by atoms with E-state index in [1.807, 2.05) is 24.8 Å². The van der Waals surface area contributed by atoms with Gasteiger partial charge in [-0.25, -0.2) is 0 Å². The van der Waals surface area contributed by atoms with E-state index < -0.39 is 5.60 Å². The molecule has 0 saturated carbocycles. The Kier molecular flexibility index (Phi) is 7.00. The lowest BCUT2D eigenvalue weighted by Gasteiger charge is -2.39. The molecule has 0 aliphatic carbocycles. The van der Waals surface area contributed by atoms with Crippen LogP contribution in [0.15, 0.2) is 41.0 Å². The number of imide groups is 1. The normalized spacial score (nSPS) is 20.2. The van der Waals surface area contributed by atoms with Crippen LogP contribution in [0.2, 0.25) is 0 Å². The lowest BCUT2D eigenvalue weighted by Crippen LogP contribution is -2.53. The number of amides is 4. The maximum Gasteiger partial charge on any atom is 0.289 e. The average molecular weight is 523 g/mol. The minimum absolute atomic E-state index is 0.0678. The first kappa shape index (κ1) is 26.0. The Balaban J connectivity index is 1.26. The van der Waals surface area contributed by atoms with Crippen molar-refractivity contribution in [2.45, 2.75) is 32.3 Å². The summed E-state index contributed by atoms with van der Waals surface area (Å²) in [5, 5.41) is 0. The van der Waals surface area contributed by atoms with Crippen LogP contribution in [0.3, 0.4) is 0 Å². The van der Waals surface area contributed by atoms with Gasteiger partial charge in [0.05, 0.1) is 41.1 Å². The number of benzene rings is 1. The summed E-state index contributed by atoms with van der Waals surface area (Å²) in [5.74, 6) is -0.646. The van der Waals surface area contributed by atoms with Crippen LogP contribution in [0.1, 0.15) is 58.0 Å². The van der Waals surface area contributed by atoms with Crippen LogP contribution in [-0.4, -0.2) is 96.9 Å². The van der Waals surface area contributed by atoms with Crippen LogP contribution in [0.25, 0.3) is 0 Å². The highest BCUT2D eigenvalue weighted by Crippen LogP contribution is 2.35. The summed E-state index contributed by atoms with van der Waals surface area (Å²) in [7, 11) is 1.56. The molecule has 10 heteroatoms. The fraction of sp³-hybridized carbons (Fsp3) is 0.500. The third-order valence-electron chi connectivity index (χ3n) is 7.79. The molecule has 0 radical (unpaired) electrons. The number of piperazine rings is 1. The lowest BCUT2D eigenvalue weighted by molar-refractivity contribution is -0.137. The largest absolute Gasteiger partial charge is 0.459 e. The van der Waals surface area contributed by atoms with E-state index in [1.165, 1.54) is 11.2 Å². The smallest absolute Gasteiger partial charge is 0.289 e. The Morgan fingerprint density at radius 1 is 1.00 bits per heavy atom. The van der Waals surface area contributed by atoms with Gasteiger partial charge in [0.2, 0.25) is 5.91 Å². The van der Waals surface area contributed by atoms with Crippen molar-refractivity contribution in [1.29, 1.82) is 0 Å².